The fourth-order valence-corrected chi connectivity index (χ4v) is 3.78. The summed E-state index contributed by atoms with van der Waals surface area (Å²) in [6.07, 6.45) is 0. The van der Waals surface area contributed by atoms with Crippen LogP contribution in [0.25, 0.3) is 0 Å². The van der Waals surface area contributed by atoms with E-state index in [1.807, 2.05) is 4.90 Å². The smallest absolute Gasteiger partial charge is 0.274 e. The normalized spacial score (nSPS) is 14.4. The van der Waals surface area contributed by atoms with Crippen LogP contribution in [0.4, 0.5) is 11.4 Å². The van der Waals surface area contributed by atoms with Gasteiger partial charge in [-0.25, -0.2) is 0 Å². The second-order valence-electron chi connectivity index (χ2n) is 6.95. The van der Waals surface area contributed by atoms with Crippen molar-refractivity contribution < 1.29 is 14.5 Å². The molecule has 1 heterocycles. The standard InChI is InChI=1S/C20H20Cl2N4O4/c1-13-17(3-2-4-18(13)26(29)30)23-19(27)12-24-7-9-25(10-8-24)20(28)15-6-5-14(21)11-16(15)22/h2-6,11H,7-10,12H2,1H3,(H,23,27). The highest BCUT2D eigenvalue weighted by Gasteiger charge is 2.25. The van der Waals surface area contributed by atoms with Crippen LogP contribution in [-0.4, -0.2) is 59.3 Å². The Morgan fingerprint density at radius 1 is 1.13 bits per heavy atom. The van der Waals surface area contributed by atoms with Crippen LogP contribution in [0, 0.1) is 17.0 Å². The number of rotatable bonds is 5. The van der Waals surface area contributed by atoms with Crippen LogP contribution in [0.1, 0.15) is 15.9 Å². The molecular formula is C20H20Cl2N4O4. The molecule has 0 spiro atoms. The Hall–Kier alpha value is -2.68. The Morgan fingerprint density at radius 2 is 1.83 bits per heavy atom. The molecule has 10 heteroatoms. The number of nitro groups is 1. The van der Waals surface area contributed by atoms with E-state index in [-0.39, 0.29) is 24.0 Å². The Labute approximate surface area is 183 Å². The van der Waals surface area contributed by atoms with Gasteiger partial charge in [-0.15, -0.1) is 0 Å². The van der Waals surface area contributed by atoms with E-state index in [4.69, 9.17) is 23.2 Å². The van der Waals surface area contributed by atoms with Crippen molar-refractivity contribution >= 4 is 46.4 Å². The molecule has 3 rings (SSSR count). The molecule has 2 aromatic carbocycles. The topological polar surface area (TPSA) is 95.8 Å². The van der Waals surface area contributed by atoms with Crippen LogP contribution in [0.5, 0.6) is 0 Å². The third-order valence-electron chi connectivity index (χ3n) is 4.96. The summed E-state index contributed by atoms with van der Waals surface area (Å²) < 4.78 is 0. The summed E-state index contributed by atoms with van der Waals surface area (Å²) in [6.45, 7) is 3.70. The van der Waals surface area contributed by atoms with Gasteiger partial charge in [-0.2, -0.15) is 0 Å². The van der Waals surface area contributed by atoms with Crippen LogP contribution >= 0.6 is 23.2 Å². The number of nitro benzene ring substituents is 1. The molecule has 0 aliphatic carbocycles. The molecule has 30 heavy (non-hydrogen) atoms. The molecule has 1 aliphatic rings. The zero-order valence-corrected chi connectivity index (χ0v) is 17.7. The monoisotopic (exact) mass is 450 g/mol. The first kappa shape index (κ1) is 22.0. The minimum Gasteiger partial charge on any atom is -0.336 e. The van der Waals surface area contributed by atoms with Gasteiger partial charge in [-0.05, 0) is 31.2 Å². The SMILES string of the molecule is Cc1c(NC(=O)CN2CCN(C(=O)c3ccc(Cl)cc3Cl)CC2)cccc1[N+](=O)[O-]. The number of nitrogens with one attached hydrogen (secondary N) is 1. The minimum absolute atomic E-state index is 0.0409. The first-order chi connectivity index (χ1) is 14.3. The van der Waals surface area contributed by atoms with E-state index >= 15 is 0 Å². The maximum atomic E-state index is 12.7. The van der Waals surface area contributed by atoms with Gasteiger partial charge in [-0.3, -0.25) is 24.6 Å². The van der Waals surface area contributed by atoms with Crippen molar-refractivity contribution in [3.63, 3.8) is 0 Å². The molecule has 0 unspecified atom stereocenters. The van der Waals surface area contributed by atoms with Gasteiger partial charge in [-0.1, -0.05) is 29.3 Å². The number of hydrogen-bond acceptors (Lipinski definition) is 5. The molecule has 1 fully saturated rings. The lowest BCUT2D eigenvalue weighted by atomic mass is 10.1. The highest BCUT2D eigenvalue weighted by atomic mass is 35.5. The number of hydrogen-bond donors (Lipinski definition) is 1. The second kappa shape index (κ2) is 9.42. The van der Waals surface area contributed by atoms with Gasteiger partial charge < -0.3 is 10.2 Å². The molecule has 0 saturated carbocycles. The van der Waals surface area contributed by atoms with Crippen LogP contribution in [-0.2, 0) is 4.79 Å². The van der Waals surface area contributed by atoms with Gasteiger partial charge in [0, 0.05) is 37.3 Å². The minimum atomic E-state index is -0.478. The van der Waals surface area contributed by atoms with Crippen LogP contribution in [0.2, 0.25) is 10.0 Å². The molecule has 158 valence electrons. The number of amides is 2. The molecule has 0 radical (unpaired) electrons. The van der Waals surface area contributed by atoms with Crippen molar-refractivity contribution in [1.82, 2.24) is 9.80 Å². The summed E-state index contributed by atoms with van der Waals surface area (Å²) in [6, 6.07) is 9.33. The summed E-state index contributed by atoms with van der Waals surface area (Å²) in [4.78, 5) is 39.2. The van der Waals surface area contributed by atoms with Crippen LogP contribution < -0.4 is 5.32 Å². The number of benzene rings is 2. The van der Waals surface area contributed by atoms with Gasteiger partial charge in [0.2, 0.25) is 5.91 Å². The summed E-state index contributed by atoms with van der Waals surface area (Å²) >= 11 is 12.0. The molecule has 0 aromatic heterocycles. The molecule has 8 nitrogen and oxygen atoms in total. The number of nitrogens with zero attached hydrogens (tertiary/aromatic N) is 3. The lowest BCUT2D eigenvalue weighted by Crippen LogP contribution is -2.50. The van der Waals surface area contributed by atoms with Crippen molar-refractivity contribution in [2.45, 2.75) is 6.92 Å². The number of carbonyl (C=O) groups excluding carboxylic acids is 2. The van der Waals surface area contributed by atoms with Gasteiger partial charge in [0.25, 0.3) is 11.6 Å². The predicted molar refractivity (Wildman–Crippen MR) is 115 cm³/mol. The molecule has 1 saturated heterocycles. The zero-order valence-electron chi connectivity index (χ0n) is 16.2. The van der Waals surface area contributed by atoms with Gasteiger partial charge >= 0.3 is 0 Å². The van der Waals surface area contributed by atoms with E-state index in [0.717, 1.165) is 0 Å². The zero-order chi connectivity index (χ0) is 21.8. The van der Waals surface area contributed by atoms with E-state index in [9.17, 15) is 19.7 Å². The Morgan fingerprint density at radius 3 is 2.47 bits per heavy atom. The fraction of sp³-hybridized carbons (Fsp3) is 0.300. The number of piperazine rings is 1. The van der Waals surface area contributed by atoms with E-state index in [2.05, 4.69) is 5.32 Å². The molecule has 2 amide bonds. The van der Waals surface area contributed by atoms with Crippen molar-refractivity contribution in [2.75, 3.05) is 38.0 Å². The maximum Gasteiger partial charge on any atom is 0.274 e. The first-order valence-corrected chi connectivity index (χ1v) is 10.0. The lowest BCUT2D eigenvalue weighted by molar-refractivity contribution is -0.385. The Balaban J connectivity index is 1.54. The lowest BCUT2D eigenvalue weighted by Gasteiger charge is -2.34. The average molecular weight is 451 g/mol. The second-order valence-corrected chi connectivity index (χ2v) is 7.79. The average Bonchev–Trinajstić information content (AvgIpc) is 2.69. The highest BCUT2D eigenvalue weighted by molar-refractivity contribution is 6.36. The molecule has 0 bridgehead atoms. The molecule has 2 aromatic rings. The molecule has 1 N–H and O–H groups in total. The fourth-order valence-electron chi connectivity index (χ4n) is 3.29. The van der Waals surface area contributed by atoms with Crippen LogP contribution in [0.3, 0.4) is 0 Å². The summed E-state index contributed by atoms with van der Waals surface area (Å²) in [7, 11) is 0. The van der Waals surface area contributed by atoms with Gasteiger partial charge in [0.1, 0.15) is 0 Å². The Bertz CT molecular complexity index is 991. The van der Waals surface area contributed by atoms with E-state index in [1.54, 1.807) is 30.0 Å². The summed E-state index contributed by atoms with van der Waals surface area (Å²) in [5.74, 6) is -0.438. The van der Waals surface area contributed by atoms with Gasteiger partial charge in [0.05, 0.1) is 33.3 Å². The van der Waals surface area contributed by atoms with E-state index < -0.39 is 4.92 Å². The third-order valence-corrected chi connectivity index (χ3v) is 5.51. The third kappa shape index (κ3) is 5.08. The van der Waals surface area contributed by atoms with Crippen molar-refractivity contribution in [3.05, 3.63) is 67.7 Å². The number of carbonyl (C=O) groups is 2. The van der Waals surface area contributed by atoms with Gasteiger partial charge in [0.15, 0.2) is 0 Å². The van der Waals surface area contributed by atoms with Crippen molar-refractivity contribution in [1.29, 1.82) is 0 Å². The molecule has 1 aliphatic heterocycles. The largest absolute Gasteiger partial charge is 0.336 e. The maximum absolute atomic E-state index is 12.7. The first-order valence-electron chi connectivity index (χ1n) is 9.27. The van der Waals surface area contributed by atoms with Crippen molar-refractivity contribution in [3.8, 4) is 0 Å². The van der Waals surface area contributed by atoms with Crippen LogP contribution in [0.15, 0.2) is 36.4 Å². The highest BCUT2D eigenvalue weighted by Crippen LogP contribution is 2.25. The summed E-state index contributed by atoms with van der Waals surface area (Å²) in [5, 5.41) is 14.5. The molecular weight excluding hydrogens is 431 g/mol. The Kier molecular flexibility index (Phi) is 6.91. The summed E-state index contributed by atoms with van der Waals surface area (Å²) in [5.41, 5.74) is 1.18. The number of halogens is 2. The van der Waals surface area contributed by atoms with E-state index in [1.165, 1.54) is 18.2 Å². The quantitative estimate of drug-likeness (QED) is 0.554. The number of anilines is 1. The molecule has 0 atom stereocenters. The predicted octanol–water partition coefficient (Wildman–Crippen LogP) is 3.61. The van der Waals surface area contributed by atoms with Crippen molar-refractivity contribution in [2.24, 2.45) is 0 Å². The van der Waals surface area contributed by atoms with E-state index in [0.29, 0.717) is 53.0 Å².